The van der Waals surface area contributed by atoms with Crippen molar-refractivity contribution in [2.45, 2.75) is 12.3 Å². The molecular formula is C23H20N2O4. The van der Waals surface area contributed by atoms with Crippen molar-refractivity contribution < 1.29 is 19.1 Å². The molecule has 0 radical (unpaired) electrons. The number of hydrogen-bond acceptors (Lipinski definition) is 4. The molecule has 3 aromatic rings. The molecule has 4 rings (SSSR count). The van der Waals surface area contributed by atoms with Gasteiger partial charge >= 0.3 is 0 Å². The van der Waals surface area contributed by atoms with Crippen molar-refractivity contribution in [1.82, 2.24) is 10.9 Å². The monoisotopic (exact) mass is 388 g/mol. The van der Waals surface area contributed by atoms with Crippen molar-refractivity contribution in [2.24, 2.45) is 0 Å². The summed E-state index contributed by atoms with van der Waals surface area (Å²) in [6.07, 6.45) is 0.204. The molecular weight excluding hydrogens is 368 g/mol. The minimum Gasteiger partial charge on any atom is -0.454 e. The summed E-state index contributed by atoms with van der Waals surface area (Å²) in [6, 6.07) is 24.5. The van der Waals surface area contributed by atoms with Crippen molar-refractivity contribution >= 4 is 11.8 Å². The largest absolute Gasteiger partial charge is 0.454 e. The van der Waals surface area contributed by atoms with Crippen LogP contribution < -0.4 is 20.3 Å². The molecule has 0 saturated heterocycles. The highest BCUT2D eigenvalue weighted by Gasteiger charge is 2.19. The molecule has 0 spiro atoms. The van der Waals surface area contributed by atoms with Crippen molar-refractivity contribution in [2.75, 3.05) is 6.79 Å². The van der Waals surface area contributed by atoms with Gasteiger partial charge in [0.1, 0.15) is 0 Å². The number of hydrogen-bond donors (Lipinski definition) is 2. The third-order valence-electron chi connectivity index (χ3n) is 4.74. The fourth-order valence-electron chi connectivity index (χ4n) is 3.27. The van der Waals surface area contributed by atoms with Crippen LogP contribution in [0.4, 0.5) is 0 Å². The first kappa shape index (κ1) is 18.6. The SMILES string of the molecule is O=C(CC(c1ccccc1)c1ccccc1)NNC(=O)c1ccc2c(c1)OCO2. The van der Waals surface area contributed by atoms with E-state index >= 15 is 0 Å². The average Bonchev–Trinajstić information content (AvgIpc) is 3.25. The van der Waals surface area contributed by atoms with Crippen LogP contribution in [0.3, 0.4) is 0 Å². The zero-order chi connectivity index (χ0) is 20.1. The fraction of sp³-hybridized carbons (Fsp3) is 0.130. The Hall–Kier alpha value is -3.80. The maximum Gasteiger partial charge on any atom is 0.269 e. The smallest absolute Gasteiger partial charge is 0.269 e. The summed E-state index contributed by atoms with van der Waals surface area (Å²) in [5.41, 5.74) is 7.42. The molecule has 0 fully saturated rings. The number of benzene rings is 3. The van der Waals surface area contributed by atoms with Crippen LogP contribution in [0, 0.1) is 0 Å². The van der Waals surface area contributed by atoms with E-state index in [0.717, 1.165) is 11.1 Å². The van der Waals surface area contributed by atoms with E-state index in [1.807, 2.05) is 60.7 Å². The molecule has 0 aromatic heterocycles. The van der Waals surface area contributed by atoms with Gasteiger partial charge in [0, 0.05) is 17.9 Å². The van der Waals surface area contributed by atoms with Crippen molar-refractivity contribution in [3.8, 4) is 11.5 Å². The molecule has 0 bridgehead atoms. The molecule has 6 nitrogen and oxygen atoms in total. The van der Waals surface area contributed by atoms with Gasteiger partial charge in [0.25, 0.3) is 5.91 Å². The second-order valence-corrected chi connectivity index (χ2v) is 6.65. The number of carbonyl (C=O) groups excluding carboxylic acids is 2. The normalized spacial score (nSPS) is 11.9. The highest BCUT2D eigenvalue weighted by Crippen LogP contribution is 2.32. The lowest BCUT2D eigenvalue weighted by Gasteiger charge is -2.18. The Labute approximate surface area is 168 Å². The molecule has 0 saturated carbocycles. The van der Waals surface area contributed by atoms with Crippen LogP contribution in [0.5, 0.6) is 11.5 Å². The summed E-state index contributed by atoms with van der Waals surface area (Å²) >= 11 is 0. The molecule has 0 aliphatic carbocycles. The van der Waals surface area contributed by atoms with Crippen LogP contribution in [-0.2, 0) is 4.79 Å². The molecule has 1 aliphatic rings. The maximum atomic E-state index is 12.6. The van der Waals surface area contributed by atoms with E-state index in [2.05, 4.69) is 10.9 Å². The molecule has 0 unspecified atom stereocenters. The molecule has 29 heavy (non-hydrogen) atoms. The number of hydrazine groups is 1. The highest BCUT2D eigenvalue weighted by atomic mass is 16.7. The van der Waals surface area contributed by atoms with Crippen molar-refractivity contribution in [3.05, 3.63) is 95.6 Å². The summed E-state index contributed by atoms with van der Waals surface area (Å²) in [5.74, 6) is 0.292. The number of nitrogens with one attached hydrogen (secondary N) is 2. The zero-order valence-corrected chi connectivity index (χ0v) is 15.6. The minimum atomic E-state index is -0.423. The van der Waals surface area contributed by atoms with Gasteiger partial charge < -0.3 is 9.47 Å². The number of rotatable bonds is 5. The Morgan fingerprint density at radius 1 is 0.793 bits per heavy atom. The summed E-state index contributed by atoms with van der Waals surface area (Å²) < 4.78 is 10.5. The first-order valence-corrected chi connectivity index (χ1v) is 9.29. The quantitative estimate of drug-likeness (QED) is 0.657. The standard InChI is InChI=1S/C23H20N2O4/c26-22(24-25-23(27)18-11-12-20-21(13-18)29-15-28-20)14-19(16-7-3-1-4-8-16)17-9-5-2-6-10-17/h1-13,19H,14-15H2,(H,24,26)(H,25,27). The van der Waals surface area contributed by atoms with Crippen LogP contribution in [0.15, 0.2) is 78.9 Å². The van der Waals surface area contributed by atoms with Gasteiger partial charge in [0.2, 0.25) is 12.7 Å². The molecule has 146 valence electrons. The third kappa shape index (κ3) is 4.38. The molecule has 1 aliphatic heterocycles. The lowest BCUT2D eigenvalue weighted by molar-refractivity contribution is -0.122. The van der Waals surface area contributed by atoms with Crippen LogP contribution in [0.2, 0.25) is 0 Å². The van der Waals surface area contributed by atoms with Gasteiger partial charge in [-0.2, -0.15) is 0 Å². The number of amides is 2. The lowest BCUT2D eigenvalue weighted by atomic mass is 9.88. The van der Waals surface area contributed by atoms with Gasteiger partial charge in [-0.1, -0.05) is 60.7 Å². The van der Waals surface area contributed by atoms with E-state index in [4.69, 9.17) is 9.47 Å². The van der Waals surface area contributed by atoms with Crippen LogP contribution >= 0.6 is 0 Å². The van der Waals surface area contributed by atoms with E-state index in [0.29, 0.717) is 17.1 Å². The van der Waals surface area contributed by atoms with Crippen LogP contribution in [0.1, 0.15) is 33.8 Å². The molecule has 6 heteroatoms. The van der Waals surface area contributed by atoms with Gasteiger partial charge in [-0.3, -0.25) is 20.4 Å². The second-order valence-electron chi connectivity index (χ2n) is 6.65. The Kier molecular flexibility index (Phi) is 5.42. The number of ether oxygens (including phenoxy) is 2. The summed E-state index contributed by atoms with van der Waals surface area (Å²) in [4.78, 5) is 24.9. The van der Waals surface area contributed by atoms with E-state index in [-0.39, 0.29) is 25.0 Å². The fourth-order valence-corrected chi connectivity index (χ4v) is 3.27. The van der Waals surface area contributed by atoms with Gasteiger partial charge in [-0.15, -0.1) is 0 Å². The lowest BCUT2D eigenvalue weighted by Crippen LogP contribution is -2.42. The first-order valence-electron chi connectivity index (χ1n) is 9.29. The Morgan fingerprint density at radius 3 is 2.07 bits per heavy atom. The molecule has 2 N–H and O–H groups in total. The van der Waals surface area contributed by atoms with E-state index in [1.165, 1.54) is 0 Å². The number of carbonyl (C=O) groups is 2. The molecule has 1 heterocycles. The summed E-state index contributed by atoms with van der Waals surface area (Å²) in [6.45, 7) is 0.136. The Morgan fingerprint density at radius 2 is 1.41 bits per heavy atom. The Balaban J connectivity index is 1.41. The average molecular weight is 388 g/mol. The van der Waals surface area contributed by atoms with Crippen molar-refractivity contribution in [3.63, 3.8) is 0 Å². The zero-order valence-electron chi connectivity index (χ0n) is 15.6. The van der Waals surface area contributed by atoms with E-state index < -0.39 is 5.91 Å². The molecule has 3 aromatic carbocycles. The summed E-state index contributed by atoms with van der Waals surface area (Å²) in [7, 11) is 0. The van der Waals surface area contributed by atoms with Gasteiger partial charge in [-0.25, -0.2) is 0 Å². The van der Waals surface area contributed by atoms with Gasteiger partial charge in [0.15, 0.2) is 11.5 Å². The maximum absolute atomic E-state index is 12.6. The van der Waals surface area contributed by atoms with Crippen LogP contribution in [-0.4, -0.2) is 18.6 Å². The molecule has 2 amide bonds. The number of fused-ring (bicyclic) bond motifs is 1. The Bertz CT molecular complexity index is 966. The van der Waals surface area contributed by atoms with E-state index in [1.54, 1.807) is 18.2 Å². The molecule has 0 atom stereocenters. The van der Waals surface area contributed by atoms with Crippen LogP contribution in [0.25, 0.3) is 0 Å². The highest BCUT2D eigenvalue weighted by molar-refractivity contribution is 5.96. The first-order chi connectivity index (χ1) is 14.2. The van der Waals surface area contributed by atoms with E-state index in [9.17, 15) is 9.59 Å². The third-order valence-corrected chi connectivity index (χ3v) is 4.74. The second kappa shape index (κ2) is 8.48. The summed E-state index contributed by atoms with van der Waals surface area (Å²) in [5, 5.41) is 0. The predicted molar refractivity (Wildman–Crippen MR) is 108 cm³/mol. The minimum absolute atomic E-state index is 0.111. The predicted octanol–water partition coefficient (Wildman–Crippen LogP) is 3.40. The van der Waals surface area contributed by atoms with Crippen molar-refractivity contribution in [1.29, 1.82) is 0 Å². The van der Waals surface area contributed by atoms with Gasteiger partial charge in [-0.05, 0) is 29.3 Å². The van der Waals surface area contributed by atoms with Gasteiger partial charge in [0.05, 0.1) is 0 Å². The topological polar surface area (TPSA) is 76.7 Å².